The summed E-state index contributed by atoms with van der Waals surface area (Å²) in [5.41, 5.74) is 2.40. The molecule has 124 valence electrons. The van der Waals surface area contributed by atoms with Gasteiger partial charge in [0.25, 0.3) is 0 Å². The smallest absolute Gasteiger partial charge is 0.223 e. The molecule has 0 fully saturated rings. The van der Waals surface area contributed by atoms with Crippen LogP contribution in [0.1, 0.15) is 41.3 Å². The number of carbonyl (C=O) groups excluding carboxylic acids is 1. The highest BCUT2D eigenvalue weighted by molar-refractivity contribution is 7.18. The Bertz CT molecular complexity index is 834. The summed E-state index contributed by atoms with van der Waals surface area (Å²) in [4.78, 5) is 21.0. The summed E-state index contributed by atoms with van der Waals surface area (Å²) >= 11 is 3.53. The van der Waals surface area contributed by atoms with E-state index >= 15 is 0 Å². The monoisotopic (exact) mass is 356 g/mol. The fraction of sp³-hybridized carbons (Fsp3) is 0.368. The maximum atomic E-state index is 12.8. The highest BCUT2D eigenvalue weighted by Crippen LogP contribution is 2.35. The molecular weight excluding hydrogens is 336 g/mol. The number of hydrogen-bond donors (Lipinski definition) is 0. The highest BCUT2D eigenvalue weighted by Gasteiger charge is 2.29. The Morgan fingerprint density at radius 2 is 2.21 bits per heavy atom. The van der Waals surface area contributed by atoms with Crippen LogP contribution in [0.5, 0.6) is 0 Å². The van der Waals surface area contributed by atoms with Gasteiger partial charge in [-0.25, -0.2) is 4.98 Å². The maximum absolute atomic E-state index is 12.8. The van der Waals surface area contributed by atoms with Gasteiger partial charge in [0.05, 0.1) is 21.3 Å². The van der Waals surface area contributed by atoms with Crippen molar-refractivity contribution >= 4 is 38.8 Å². The van der Waals surface area contributed by atoms with Crippen molar-refractivity contribution in [3.05, 3.63) is 51.2 Å². The van der Waals surface area contributed by atoms with Crippen molar-refractivity contribution in [2.45, 2.75) is 38.6 Å². The molecule has 0 spiro atoms. The molecule has 3 heterocycles. The number of thiazole rings is 1. The molecule has 0 bridgehead atoms. The number of para-hydroxylation sites is 1. The van der Waals surface area contributed by atoms with E-state index in [-0.39, 0.29) is 11.9 Å². The van der Waals surface area contributed by atoms with Gasteiger partial charge in [-0.2, -0.15) is 0 Å². The SMILES string of the molecule is CC[C@@H]1c2ccsc2CCN1C(=O)CCc1nc2ccccc2s1. The van der Waals surface area contributed by atoms with Gasteiger partial charge < -0.3 is 4.90 Å². The lowest BCUT2D eigenvalue weighted by molar-refractivity contribution is -0.134. The van der Waals surface area contributed by atoms with E-state index in [1.165, 1.54) is 15.1 Å². The van der Waals surface area contributed by atoms with Crippen molar-refractivity contribution in [2.24, 2.45) is 0 Å². The molecule has 1 atom stereocenters. The van der Waals surface area contributed by atoms with Gasteiger partial charge in [-0.3, -0.25) is 4.79 Å². The number of aromatic nitrogens is 1. The van der Waals surface area contributed by atoms with Crippen molar-refractivity contribution in [1.82, 2.24) is 9.88 Å². The summed E-state index contributed by atoms with van der Waals surface area (Å²) in [6.45, 7) is 3.02. The Morgan fingerprint density at radius 3 is 3.04 bits per heavy atom. The van der Waals surface area contributed by atoms with E-state index in [4.69, 9.17) is 0 Å². The topological polar surface area (TPSA) is 33.2 Å². The number of nitrogens with zero attached hydrogens (tertiary/aromatic N) is 2. The summed E-state index contributed by atoms with van der Waals surface area (Å²) in [6.07, 6.45) is 3.27. The van der Waals surface area contributed by atoms with Gasteiger partial charge in [0.15, 0.2) is 0 Å². The van der Waals surface area contributed by atoms with Crippen molar-refractivity contribution in [2.75, 3.05) is 6.54 Å². The number of amides is 1. The number of aryl methyl sites for hydroxylation is 1. The zero-order chi connectivity index (χ0) is 16.5. The van der Waals surface area contributed by atoms with Crippen LogP contribution >= 0.6 is 22.7 Å². The van der Waals surface area contributed by atoms with Gasteiger partial charge in [0.2, 0.25) is 5.91 Å². The normalized spacial score (nSPS) is 17.2. The molecule has 2 aromatic heterocycles. The third-order valence-electron chi connectivity index (χ3n) is 4.69. The molecule has 0 radical (unpaired) electrons. The largest absolute Gasteiger partial charge is 0.335 e. The molecule has 1 aliphatic heterocycles. The standard InChI is InChI=1S/C19H20N2OS2/c1-2-15-13-10-12-23-16(13)9-11-21(15)19(22)8-7-18-20-14-5-3-4-6-17(14)24-18/h3-6,10,12,15H,2,7-9,11H2,1H3/t15-/m1/s1. The predicted octanol–water partition coefficient (Wildman–Crippen LogP) is 4.83. The minimum absolute atomic E-state index is 0.253. The van der Waals surface area contributed by atoms with Crippen LogP contribution in [0, 0.1) is 0 Å². The molecule has 0 unspecified atom stereocenters. The molecule has 1 aromatic carbocycles. The second-order valence-corrected chi connectivity index (χ2v) is 8.25. The van der Waals surface area contributed by atoms with Crippen LogP contribution in [0.4, 0.5) is 0 Å². The van der Waals surface area contributed by atoms with Crippen molar-refractivity contribution in [3.63, 3.8) is 0 Å². The first-order chi connectivity index (χ1) is 11.8. The molecule has 4 rings (SSSR count). The third-order valence-corrected chi connectivity index (χ3v) is 6.79. The summed E-state index contributed by atoms with van der Waals surface area (Å²) in [5.74, 6) is 0.262. The zero-order valence-corrected chi connectivity index (χ0v) is 15.3. The van der Waals surface area contributed by atoms with E-state index in [9.17, 15) is 4.79 Å². The number of carbonyl (C=O) groups is 1. The lowest BCUT2D eigenvalue weighted by Crippen LogP contribution is -2.39. The molecule has 0 saturated carbocycles. The lowest BCUT2D eigenvalue weighted by atomic mass is 9.97. The maximum Gasteiger partial charge on any atom is 0.223 e. The third kappa shape index (κ3) is 2.87. The highest BCUT2D eigenvalue weighted by atomic mass is 32.1. The van der Waals surface area contributed by atoms with Gasteiger partial charge in [-0.1, -0.05) is 19.1 Å². The molecule has 3 aromatic rings. The second kappa shape index (κ2) is 6.65. The fourth-order valence-electron chi connectivity index (χ4n) is 3.52. The zero-order valence-electron chi connectivity index (χ0n) is 13.7. The summed E-state index contributed by atoms with van der Waals surface area (Å²) in [5, 5.41) is 3.22. The Kier molecular flexibility index (Phi) is 4.37. The van der Waals surface area contributed by atoms with E-state index in [0.29, 0.717) is 6.42 Å². The van der Waals surface area contributed by atoms with Crippen LogP contribution in [-0.2, 0) is 17.6 Å². The first kappa shape index (κ1) is 15.8. The summed E-state index contributed by atoms with van der Waals surface area (Å²) in [6, 6.07) is 10.6. The Hall–Kier alpha value is -1.72. The minimum Gasteiger partial charge on any atom is -0.335 e. The number of benzene rings is 1. The molecular formula is C19H20N2OS2. The molecule has 24 heavy (non-hydrogen) atoms. The minimum atomic E-state index is 0.253. The fourth-order valence-corrected chi connectivity index (χ4v) is 5.41. The van der Waals surface area contributed by atoms with Crippen LogP contribution in [0.25, 0.3) is 10.2 Å². The van der Waals surface area contributed by atoms with Crippen LogP contribution in [0.2, 0.25) is 0 Å². The van der Waals surface area contributed by atoms with Crippen LogP contribution in [0.15, 0.2) is 35.7 Å². The van der Waals surface area contributed by atoms with Gasteiger partial charge in [-0.15, -0.1) is 22.7 Å². The first-order valence-corrected chi connectivity index (χ1v) is 10.2. The van der Waals surface area contributed by atoms with Crippen molar-refractivity contribution < 1.29 is 4.79 Å². The van der Waals surface area contributed by atoms with E-state index in [0.717, 1.165) is 36.3 Å². The number of thiophene rings is 1. The quantitative estimate of drug-likeness (QED) is 0.671. The van der Waals surface area contributed by atoms with E-state index in [1.807, 2.05) is 29.5 Å². The average molecular weight is 357 g/mol. The van der Waals surface area contributed by atoms with Crippen molar-refractivity contribution in [1.29, 1.82) is 0 Å². The molecule has 0 saturated heterocycles. The molecule has 1 aliphatic rings. The number of hydrogen-bond acceptors (Lipinski definition) is 4. The average Bonchev–Trinajstić information content (AvgIpc) is 3.24. The van der Waals surface area contributed by atoms with Gasteiger partial charge in [0, 0.05) is 24.3 Å². The van der Waals surface area contributed by atoms with Gasteiger partial charge >= 0.3 is 0 Å². The predicted molar refractivity (Wildman–Crippen MR) is 101 cm³/mol. The van der Waals surface area contributed by atoms with Crippen LogP contribution in [-0.4, -0.2) is 22.3 Å². The molecule has 0 aliphatic carbocycles. The van der Waals surface area contributed by atoms with Gasteiger partial charge in [-0.05, 0) is 42.0 Å². The van der Waals surface area contributed by atoms with E-state index in [1.54, 1.807) is 11.3 Å². The Morgan fingerprint density at radius 1 is 1.33 bits per heavy atom. The lowest BCUT2D eigenvalue weighted by Gasteiger charge is -2.35. The van der Waals surface area contributed by atoms with Gasteiger partial charge in [0.1, 0.15) is 0 Å². The van der Waals surface area contributed by atoms with E-state index in [2.05, 4.69) is 34.3 Å². The molecule has 3 nitrogen and oxygen atoms in total. The Labute approximate surface area is 150 Å². The first-order valence-electron chi connectivity index (χ1n) is 8.46. The van der Waals surface area contributed by atoms with Crippen LogP contribution in [0.3, 0.4) is 0 Å². The summed E-state index contributed by atoms with van der Waals surface area (Å²) < 4.78 is 1.20. The van der Waals surface area contributed by atoms with E-state index < -0.39 is 0 Å². The number of fused-ring (bicyclic) bond motifs is 2. The van der Waals surface area contributed by atoms with Crippen LogP contribution < -0.4 is 0 Å². The molecule has 0 N–H and O–H groups in total. The number of rotatable bonds is 4. The summed E-state index contributed by atoms with van der Waals surface area (Å²) in [7, 11) is 0. The Balaban J connectivity index is 1.46. The van der Waals surface area contributed by atoms with Crippen molar-refractivity contribution in [3.8, 4) is 0 Å². The molecule has 1 amide bonds. The molecule has 5 heteroatoms. The second-order valence-electron chi connectivity index (χ2n) is 6.14.